The molecule has 3 nitrogen and oxygen atoms in total. The van der Waals surface area contributed by atoms with Gasteiger partial charge in [-0.3, -0.25) is 4.79 Å². The topological polar surface area (TPSA) is 33.2 Å². The summed E-state index contributed by atoms with van der Waals surface area (Å²) in [5.41, 5.74) is 1.87. The van der Waals surface area contributed by atoms with Crippen LogP contribution in [0, 0.1) is 6.92 Å². The van der Waals surface area contributed by atoms with E-state index >= 15 is 0 Å². The highest BCUT2D eigenvalue weighted by Gasteiger charge is 2.18. The summed E-state index contributed by atoms with van der Waals surface area (Å²) in [7, 11) is 1.81. The summed E-state index contributed by atoms with van der Waals surface area (Å²) in [5, 5.41) is 0.904. The Morgan fingerprint density at radius 1 is 1.33 bits per heavy atom. The number of thiazole rings is 1. The maximum absolute atomic E-state index is 12.1. The summed E-state index contributed by atoms with van der Waals surface area (Å²) in [6.07, 6.45) is 0. The zero-order valence-electron chi connectivity index (χ0n) is 10.8. The lowest BCUT2D eigenvalue weighted by Crippen LogP contribution is -2.25. The van der Waals surface area contributed by atoms with Crippen molar-refractivity contribution in [3.8, 4) is 10.6 Å². The average Bonchev–Trinajstić information content (AvgIpc) is 2.80. The zero-order chi connectivity index (χ0) is 13.1. The maximum Gasteiger partial charge on any atom is 0.265 e. The van der Waals surface area contributed by atoms with Crippen molar-refractivity contribution in [1.29, 1.82) is 0 Å². The molecule has 0 bridgehead atoms. The number of carbonyl (C=O) groups is 1. The monoisotopic (exact) mass is 260 g/mol. The predicted molar refractivity (Wildman–Crippen MR) is 74.9 cm³/mol. The Kier molecular flexibility index (Phi) is 3.77. The molecule has 0 aliphatic carbocycles. The van der Waals surface area contributed by atoms with E-state index in [1.54, 1.807) is 4.90 Å². The highest BCUT2D eigenvalue weighted by molar-refractivity contribution is 7.17. The summed E-state index contributed by atoms with van der Waals surface area (Å²) in [4.78, 5) is 19.1. The van der Waals surface area contributed by atoms with E-state index in [0.717, 1.165) is 21.1 Å². The molecule has 0 radical (unpaired) electrons. The van der Waals surface area contributed by atoms with Crippen molar-refractivity contribution in [1.82, 2.24) is 9.88 Å². The number of hydrogen-bond donors (Lipinski definition) is 0. The normalized spacial score (nSPS) is 10.4. The van der Waals surface area contributed by atoms with Gasteiger partial charge in [0.05, 0.1) is 5.69 Å². The van der Waals surface area contributed by atoms with Crippen LogP contribution in [0.2, 0.25) is 0 Å². The molecule has 0 aliphatic heterocycles. The number of hydrogen-bond acceptors (Lipinski definition) is 3. The number of benzene rings is 1. The molecule has 0 N–H and O–H groups in total. The standard InChI is InChI=1S/C14H16N2OS/c1-4-16(3)14(17)12-10(2)15-13(18-12)11-8-6-5-7-9-11/h5-9H,4H2,1-3H3. The van der Waals surface area contributed by atoms with Crippen LogP contribution in [0.3, 0.4) is 0 Å². The number of carbonyl (C=O) groups excluding carboxylic acids is 1. The molecule has 0 atom stereocenters. The lowest BCUT2D eigenvalue weighted by atomic mass is 10.2. The van der Waals surface area contributed by atoms with Crippen LogP contribution < -0.4 is 0 Å². The zero-order valence-corrected chi connectivity index (χ0v) is 11.6. The molecule has 0 unspecified atom stereocenters. The fraction of sp³-hybridized carbons (Fsp3) is 0.286. The number of aryl methyl sites for hydroxylation is 1. The lowest BCUT2D eigenvalue weighted by Gasteiger charge is -2.12. The molecule has 2 rings (SSSR count). The Bertz CT molecular complexity index is 548. The summed E-state index contributed by atoms with van der Waals surface area (Å²) < 4.78 is 0. The molecule has 1 heterocycles. The minimum Gasteiger partial charge on any atom is -0.341 e. The molecule has 1 aromatic carbocycles. The summed E-state index contributed by atoms with van der Waals surface area (Å²) >= 11 is 1.46. The Hall–Kier alpha value is -1.68. The first kappa shape index (κ1) is 12.8. The second-order valence-corrected chi connectivity index (χ2v) is 5.12. The molecule has 0 fully saturated rings. The largest absolute Gasteiger partial charge is 0.341 e. The number of rotatable bonds is 3. The Balaban J connectivity index is 2.36. The molecule has 0 aliphatic rings. The van der Waals surface area contributed by atoms with Gasteiger partial charge in [0.2, 0.25) is 0 Å². The van der Waals surface area contributed by atoms with Crippen molar-refractivity contribution < 1.29 is 4.79 Å². The SMILES string of the molecule is CCN(C)C(=O)c1sc(-c2ccccc2)nc1C. The first-order valence-electron chi connectivity index (χ1n) is 5.91. The number of amides is 1. The Labute approximate surface area is 111 Å². The third kappa shape index (κ3) is 2.43. The number of nitrogens with zero attached hydrogens (tertiary/aromatic N) is 2. The van der Waals surface area contributed by atoms with Crippen LogP contribution >= 0.6 is 11.3 Å². The third-order valence-electron chi connectivity index (χ3n) is 2.83. The van der Waals surface area contributed by atoms with Gasteiger partial charge in [-0.2, -0.15) is 0 Å². The Morgan fingerprint density at radius 2 is 2.00 bits per heavy atom. The first-order chi connectivity index (χ1) is 8.63. The van der Waals surface area contributed by atoms with Crippen LogP contribution in [0.1, 0.15) is 22.3 Å². The fourth-order valence-corrected chi connectivity index (χ4v) is 2.68. The quantitative estimate of drug-likeness (QED) is 0.849. The van der Waals surface area contributed by atoms with Gasteiger partial charge >= 0.3 is 0 Å². The average molecular weight is 260 g/mol. The van der Waals surface area contributed by atoms with Gasteiger partial charge in [-0.1, -0.05) is 30.3 Å². The van der Waals surface area contributed by atoms with Crippen molar-refractivity contribution >= 4 is 17.2 Å². The van der Waals surface area contributed by atoms with Crippen molar-refractivity contribution in [2.24, 2.45) is 0 Å². The van der Waals surface area contributed by atoms with E-state index in [2.05, 4.69) is 4.98 Å². The highest BCUT2D eigenvalue weighted by Crippen LogP contribution is 2.28. The molecule has 1 aromatic heterocycles. The third-order valence-corrected chi connectivity index (χ3v) is 4.03. The van der Waals surface area contributed by atoms with Gasteiger partial charge in [0.1, 0.15) is 9.88 Å². The molecule has 2 aromatic rings. The molecule has 94 valence electrons. The molecular weight excluding hydrogens is 244 g/mol. The van der Waals surface area contributed by atoms with Gasteiger partial charge in [-0.05, 0) is 13.8 Å². The second kappa shape index (κ2) is 5.31. The smallest absolute Gasteiger partial charge is 0.265 e. The molecule has 1 amide bonds. The van der Waals surface area contributed by atoms with Gasteiger partial charge in [-0.25, -0.2) is 4.98 Å². The van der Waals surface area contributed by atoms with Crippen LogP contribution in [0.4, 0.5) is 0 Å². The van der Waals surface area contributed by atoms with Crippen molar-refractivity contribution in [2.45, 2.75) is 13.8 Å². The molecule has 4 heteroatoms. The fourth-order valence-electron chi connectivity index (χ4n) is 1.62. The molecule has 0 saturated heterocycles. The van der Waals surface area contributed by atoms with E-state index in [1.807, 2.05) is 51.2 Å². The van der Waals surface area contributed by atoms with Crippen LogP contribution in [0.5, 0.6) is 0 Å². The summed E-state index contributed by atoms with van der Waals surface area (Å²) in [6.45, 7) is 4.56. The maximum atomic E-state index is 12.1. The van der Waals surface area contributed by atoms with Crippen LogP contribution in [-0.2, 0) is 0 Å². The van der Waals surface area contributed by atoms with E-state index in [-0.39, 0.29) is 5.91 Å². The van der Waals surface area contributed by atoms with Crippen molar-refractivity contribution in [3.05, 3.63) is 40.9 Å². The van der Waals surface area contributed by atoms with E-state index < -0.39 is 0 Å². The van der Waals surface area contributed by atoms with Gasteiger partial charge in [0.15, 0.2) is 0 Å². The van der Waals surface area contributed by atoms with Gasteiger partial charge in [-0.15, -0.1) is 11.3 Å². The minimum absolute atomic E-state index is 0.0506. The number of aromatic nitrogens is 1. The van der Waals surface area contributed by atoms with Gasteiger partial charge in [0.25, 0.3) is 5.91 Å². The van der Waals surface area contributed by atoms with E-state index in [1.165, 1.54) is 11.3 Å². The van der Waals surface area contributed by atoms with E-state index in [4.69, 9.17) is 0 Å². The highest BCUT2D eigenvalue weighted by atomic mass is 32.1. The van der Waals surface area contributed by atoms with Gasteiger partial charge in [0, 0.05) is 19.2 Å². The molecule has 0 spiro atoms. The second-order valence-electron chi connectivity index (χ2n) is 4.12. The van der Waals surface area contributed by atoms with Crippen molar-refractivity contribution in [3.63, 3.8) is 0 Å². The summed E-state index contributed by atoms with van der Waals surface area (Å²) in [6, 6.07) is 9.95. The first-order valence-corrected chi connectivity index (χ1v) is 6.73. The predicted octanol–water partition coefficient (Wildman–Crippen LogP) is 3.21. The van der Waals surface area contributed by atoms with Crippen molar-refractivity contribution in [2.75, 3.05) is 13.6 Å². The van der Waals surface area contributed by atoms with Crippen LogP contribution in [-0.4, -0.2) is 29.4 Å². The van der Waals surface area contributed by atoms with E-state index in [9.17, 15) is 4.79 Å². The summed E-state index contributed by atoms with van der Waals surface area (Å²) in [5.74, 6) is 0.0506. The van der Waals surface area contributed by atoms with Crippen LogP contribution in [0.15, 0.2) is 30.3 Å². The molecule has 18 heavy (non-hydrogen) atoms. The molecule has 0 saturated carbocycles. The molecular formula is C14H16N2OS. The Morgan fingerprint density at radius 3 is 2.61 bits per heavy atom. The van der Waals surface area contributed by atoms with Gasteiger partial charge < -0.3 is 4.90 Å². The minimum atomic E-state index is 0.0506. The van der Waals surface area contributed by atoms with Crippen LogP contribution in [0.25, 0.3) is 10.6 Å². The van der Waals surface area contributed by atoms with E-state index in [0.29, 0.717) is 6.54 Å². The lowest BCUT2D eigenvalue weighted by molar-refractivity contribution is 0.0806.